The molecule has 1 aromatic heterocycles. The first-order chi connectivity index (χ1) is 12.3. The molecule has 0 aliphatic carbocycles. The molecule has 5 heteroatoms. The number of hydrogen-bond donors (Lipinski definition) is 0. The van der Waals surface area contributed by atoms with Crippen LogP contribution in [0.5, 0.6) is 5.75 Å². The lowest BCUT2D eigenvalue weighted by Crippen LogP contribution is -2.30. The zero-order valence-electron chi connectivity index (χ0n) is 14.6. The van der Waals surface area contributed by atoms with Crippen molar-refractivity contribution in [1.82, 2.24) is 4.73 Å². The summed E-state index contributed by atoms with van der Waals surface area (Å²) in [5, 5.41) is 1.03. The van der Waals surface area contributed by atoms with Gasteiger partial charge in [0.15, 0.2) is 0 Å². The van der Waals surface area contributed by atoms with E-state index in [1.54, 1.807) is 4.73 Å². The summed E-state index contributed by atoms with van der Waals surface area (Å²) in [7, 11) is 0. The van der Waals surface area contributed by atoms with Crippen LogP contribution in [-0.4, -0.2) is 24.4 Å². The van der Waals surface area contributed by atoms with Gasteiger partial charge in [-0.05, 0) is 43.7 Å². The zero-order chi connectivity index (χ0) is 17.5. The number of rotatable bonds is 9. The average molecular weight is 341 g/mol. The van der Waals surface area contributed by atoms with Crippen LogP contribution in [0.25, 0.3) is 10.9 Å². The third-order valence-electron chi connectivity index (χ3n) is 3.68. The Morgan fingerprint density at radius 2 is 1.68 bits per heavy atom. The van der Waals surface area contributed by atoms with Crippen molar-refractivity contribution < 1.29 is 19.0 Å². The summed E-state index contributed by atoms with van der Waals surface area (Å²) in [5.41, 5.74) is 2.07. The molecular weight excluding hydrogens is 318 g/mol. The second-order valence-corrected chi connectivity index (χ2v) is 5.44. The Morgan fingerprint density at radius 1 is 0.920 bits per heavy atom. The van der Waals surface area contributed by atoms with Crippen LogP contribution in [0, 0.1) is 0 Å². The molecule has 3 aromatic rings. The first kappa shape index (κ1) is 17.3. The summed E-state index contributed by atoms with van der Waals surface area (Å²) in [6.45, 7) is 4.65. The van der Waals surface area contributed by atoms with Crippen LogP contribution in [0.15, 0.2) is 60.8 Å². The van der Waals surface area contributed by atoms with Gasteiger partial charge < -0.3 is 19.0 Å². The quantitative estimate of drug-likeness (QED) is 0.552. The molecule has 25 heavy (non-hydrogen) atoms. The van der Waals surface area contributed by atoms with Gasteiger partial charge in [-0.1, -0.05) is 30.3 Å². The molecule has 0 saturated carbocycles. The van der Waals surface area contributed by atoms with Crippen molar-refractivity contribution in [3.63, 3.8) is 0 Å². The highest BCUT2D eigenvalue weighted by Gasteiger charge is 2.12. The largest absolute Gasteiger partial charge is 0.489 e. The molecule has 3 rings (SSSR count). The number of fused-ring (bicyclic) bond motifs is 1. The average Bonchev–Trinajstić information content (AvgIpc) is 3.03. The molecule has 5 nitrogen and oxygen atoms in total. The maximum Gasteiger partial charge on any atom is 0.337 e. The summed E-state index contributed by atoms with van der Waals surface area (Å²) < 4.78 is 18.4. The van der Waals surface area contributed by atoms with Crippen molar-refractivity contribution >= 4 is 10.9 Å². The number of benzene rings is 2. The van der Waals surface area contributed by atoms with Gasteiger partial charge in [0.25, 0.3) is 0 Å². The highest BCUT2D eigenvalue weighted by molar-refractivity contribution is 5.81. The molecule has 132 valence electrons. The number of aromatic nitrogens is 1. The Morgan fingerprint density at radius 3 is 2.40 bits per heavy atom. The van der Waals surface area contributed by atoms with Crippen molar-refractivity contribution in [3.8, 4) is 5.75 Å². The van der Waals surface area contributed by atoms with Crippen LogP contribution in [-0.2, 0) is 16.1 Å². The minimum absolute atomic E-state index is 0.515. The zero-order valence-corrected chi connectivity index (χ0v) is 14.6. The van der Waals surface area contributed by atoms with Gasteiger partial charge in [0, 0.05) is 11.6 Å². The lowest BCUT2D eigenvalue weighted by molar-refractivity contribution is -0.282. The SMILES string of the molecule is CCOC(OCC)On1ccc2cc(OCc3ccccc3)ccc21. The summed E-state index contributed by atoms with van der Waals surface area (Å²) in [4.78, 5) is 5.75. The highest BCUT2D eigenvalue weighted by Crippen LogP contribution is 2.22. The second kappa shape index (κ2) is 8.55. The van der Waals surface area contributed by atoms with E-state index < -0.39 is 6.48 Å². The van der Waals surface area contributed by atoms with Gasteiger partial charge in [0.05, 0.1) is 18.7 Å². The van der Waals surface area contributed by atoms with Crippen LogP contribution < -0.4 is 9.57 Å². The molecule has 0 unspecified atom stereocenters. The van der Waals surface area contributed by atoms with E-state index in [2.05, 4.69) is 0 Å². The minimum Gasteiger partial charge on any atom is -0.489 e. The molecule has 0 aliphatic heterocycles. The number of hydrogen-bond acceptors (Lipinski definition) is 4. The summed E-state index contributed by atoms with van der Waals surface area (Å²) in [6.07, 6.45) is 1.84. The molecule has 0 radical (unpaired) electrons. The van der Waals surface area contributed by atoms with Crippen LogP contribution in [0.2, 0.25) is 0 Å². The molecule has 0 aliphatic rings. The van der Waals surface area contributed by atoms with E-state index in [1.807, 2.05) is 74.6 Å². The first-order valence-electron chi connectivity index (χ1n) is 8.48. The normalized spacial score (nSPS) is 11.2. The summed E-state index contributed by atoms with van der Waals surface area (Å²) in [5.74, 6) is 0.820. The van der Waals surface area contributed by atoms with Crippen molar-refractivity contribution in [2.75, 3.05) is 13.2 Å². The van der Waals surface area contributed by atoms with Crippen molar-refractivity contribution in [3.05, 3.63) is 66.4 Å². The minimum atomic E-state index is -0.723. The van der Waals surface area contributed by atoms with Crippen molar-refractivity contribution in [2.45, 2.75) is 26.9 Å². The smallest absolute Gasteiger partial charge is 0.337 e. The van der Waals surface area contributed by atoms with Gasteiger partial charge in [0.2, 0.25) is 0 Å². The fourth-order valence-electron chi connectivity index (χ4n) is 2.49. The lowest BCUT2D eigenvalue weighted by Gasteiger charge is -2.18. The molecule has 0 bridgehead atoms. The third-order valence-corrected chi connectivity index (χ3v) is 3.68. The van der Waals surface area contributed by atoms with Gasteiger partial charge in [-0.15, -0.1) is 0 Å². The van der Waals surface area contributed by atoms with Crippen LogP contribution >= 0.6 is 0 Å². The number of nitrogens with zero attached hydrogens (tertiary/aromatic N) is 1. The van der Waals surface area contributed by atoms with Gasteiger partial charge >= 0.3 is 6.48 Å². The van der Waals surface area contributed by atoms with E-state index in [-0.39, 0.29) is 0 Å². The van der Waals surface area contributed by atoms with Gasteiger partial charge in [0.1, 0.15) is 12.4 Å². The Kier molecular flexibility index (Phi) is 5.93. The van der Waals surface area contributed by atoms with Crippen molar-refractivity contribution in [1.29, 1.82) is 0 Å². The predicted octanol–water partition coefficient (Wildman–Crippen LogP) is 4.01. The molecule has 0 amide bonds. The van der Waals surface area contributed by atoms with Gasteiger partial charge in [-0.3, -0.25) is 0 Å². The molecule has 0 atom stereocenters. The van der Waals surface area contributed by atoms with E-state index >= 15 is 0 Å². The van der Waals surface area contributed by atoms with E-state index in [0.29, 0.717) is 19.8 Å². The maximum atomic E-state index is 5.87. The molecular formula is C20H23NO4. The van der Waals surface area contributed by atoms with E-state index in [9.17, 15) is 0 Å². The fourth-order valence-corrected chi connectivity index (χ4v) is 2.49. The second-order valence-electron chi connectivity index (χ2n) is 5.44. The van der Waals surface area contributed by atoms with E-state index in [0.717, 1.165) is 22.2 Å². The predicted molar refractivity (Wildman–Crippen MR) is 96.3 cm³/mol. The maximum absolute atomic E-state index is 5.87. The Hall–Kier alpha value is -2.50. The Balaban J connectivity index is 1.70. The monoisotopic (exact) mass is 341 g/mol. The number of ether oxygens (including phenoxy) is 3. The van der Waals surface area contributed by atoms with Crippen LogP contribution in [0.4, 0.5) is 0 Å². The lowest BCUT2D eigenvalue weighted by atomic mass is 10.2. The Bertz CT molecular complexity index is 779. The van der Waals surface area contributed by atoms with Gasteiger partial charge in [-0.25, -0.2) is 0 Å². The molecule has 0 saturated heterocycles. The third kappa shape index (κ3) is 4.53. The standard InChI is InChI=1S/C20H23NO4/c1-3-22-20(23-4-2)25-21-13-12-17-14-18(10-11-19(17)21)24-15-16-8-6-5-7-9-16/h5-14,20H,3-4,15H2,1-2H3. The Labute approximate surface area is 147 Å². The molecule has 1 heterocycles. The van der Waals surface area contributed by atoms with Gasteiger partial charge in [-0.2, -0.15) is 4.73 Å². The molecule has 0 N–H and O–H groups in total. The topological polar surface area (TPSA) is 41.9 Å². The van der Waals surface area contributed by atoms with E-state index in [4.69, 9.17) is 19.0 Å². The molecule has 2 aromatic carbocycles. The van der Waals surface area contributed by atoms with Crippen molar-refractivity contribution in [2.24, 2.45) is 0 Å². The van der Waals surface area contributed by atoms with Crippen LogP contribution in [0.3, 0.4) is 0 Å². The summed E-state index contributed by atoms with van der Waals surface area (Å²) >= 11 is 0. The molecule has 0 fully saturated rings. The fraction of sp³-hybridized carbons (Fsp3) is 0.300. The molecule has 0 spiro atoms. The highest BCUT2D eigenvalue weighted by atomic mass is 16.9. The first-order valence-corrected chi connectivity index (χ1v) is 8.48. The van der Waals surface area contributed by atoms with Crippen LogP contribution in [0.1, 0.15) is 19.4 Å². The van der Waals surface area contributed by atoms with E-state index in [1.165, 1.54) is 0 Å². The summed E-state index contributed by atoms with van der Waals surface area (Å²) in [6, 6.07) is 18.0.